The van der Waals surface area contributed by atoms with E-state index >= 15 is 0 Å². The second-order valence-electron chi connectivity index (χ2n) is 4.95. The number of nitrogens with one attached hydrogen (secondary N) is 1. The molecule has 0 heterocycles. The van der Waals surface area contributed by atoms with Crippen LogP contribution in [0.2, 0.25) is 0 Å². The molecule has 0 aliphatic heterocycles. The Kier molecular flexibility index (Phi) is 6.99. The average Bonchev–Trinajstić information content (AvgIpc) is 2.46. The monoisotopic (exact) mass is 319 g/mol. The molecule has 0 fully saturated rings. The van der Waals surface area contributed by atoms with Crippen molar-refractivity contribution in [2.24, 2.45) is 0 Å². The van der Waals surface area contributed by atoms with Crippen LogP contribution in [0.4, 0.5) is 5.69 Å². The molecular formula is C17H21NO5. The summed E-state index contributed by atoms with van der Waals surface area (Å²) in [7, 11) is 0. The third-order valence-electron chi connectivity index (χ3n) is 2.64. The molecule has 6 heteroatoms. The van der Waals surface area contributed by atoms with Crippen molar-refractivity contribution in [1.82, 2.24) is 0 Å². The first-order valence-corrected chi connectivity index (χ1v) is 7.32. The zero-order valence-electron chi connectivity index (χ0n) is 13.8. The number of allylic oxidation sites excluding steroid dienone is 1. The number of esters is 2. The van der Waals surface area contributed by atoms with Crippen molar-refractivity contribution >= 4 is 23.5 Å². The summed E-state index contributed by atoms with van der Waals surface area (Å²) in [5, 5.41) is 2.62. The topological polar surface area (TPSA) is 81.7 Å². The van der Waals surface area contributed by atoms with Crippen LogP contribution < -0.4 is 5.32 Å². The summed E-state index contributed by atoms with van der Waals surface area (Å²) in [5.41, 5.74) is 1.49. The molecule has 0 saturated heterocycles. The Labute approximate surface area is 135 Å². The van der Waals surface area contributed by atoms with Crippen LogP contribution in [0.1, 0.15) is 48.4 Å². The lowest BCUT2D eigenvalue weighted by Gasteiger charge is -2.09. The normalized spacial score (nSPS) is 9.74. The van der Waals surface area contributed by atoms with Gasteiger partial charge in [0.2, 0.25) is 5.91 Å². The molecule has 1 amide bonds. The van der Waals surface area contributed by atoms with E-state index in [4.69, 9.17) is 9.47 Å². The lowest BCUT2D eigenvalue weighted by molar-refractivity contribution is -0.112. The molecule has 0 spiro atoms. The van der Waals surface area contributed by atoms with Crippen LogP contribution in [0, 0.1) is 0 Å². The Balaban J connectivity index is 3.17. The number of carbonyl (C=O) groups excluding carboxylic acids is 3. The minimum absolute atomic E-state index is 0.171. The van der Waals surface area contributed by atoms with E-state index in [9.17, 15) is 14.4 Å². The maximum atomic E-state index is 11.9. The molecule has 124 valence electrons. The van der Waals surface area contributed by atoms with Gasteiger partial charge in [-0.15, -0.1) is 0 Å². The number of rotatable bonds is 6. The van der Waals surface area contributed by atoms with E-state index in [2.05, 4.69) is 5.32 Å². The first-order valence-electron chi connectivity index (χ1n) is 7.32. The molecule has 0 bridgehead atoms. The highest BCUT2D eigenvalue weighted by atomic mass is 16.5. The van der Waals surface area contributed by atoms with Gasteiger partial charge < -0.3 is 14.8 Å². The van der Waals surface area contributed by atoms with Crippen LogP contribution in [0.25, 0.3) is 0 Å². The fraction of sp³-hybridized carbons (Fsp3) is 0.353. The van der Waals surface area contributed by atoms with Gasteiger partial charge in [0, 0.05) is 11.8 Å². The van der Waals surface area contributed by atoms with Gasteiger partial charge in [0.15, 0.2) is 0 Å². The second kappa shape index (κ2) is 8.73. The molecule has 0 aliphatic rings. The predicted molar refractivity (Wildman–Crippen MR) is 86.4 cm³/mol. The standard InChI is InChI=1S/C17H21NO5/c1-5-22-16(20)12-8-13(17(21)23-6-2)10-14(9-12)18-15(19)7-11(3)4/h7-10H,5-6H2,1-4H3,(H,18,19). The van der Waals surface area contributed by atoms with Gasteiger partial charge in [-0.05, 0) is 45.9 Å². The second-order valence-corrected chi connectivity index (χ2v) is 4.95. The highest BCUT2D eigenvalue weighted by Crippen LogP contribution is 2.17. The van der Waals surface area contributed by atoms with Gasteiger partial charge in [-0.2, -0.15) is 0 Å². The van der Waals surface area contributed by atoms with Gasteiger partial charge in [0.25, 0.3) is 0 Å². The molecule has 0 aromatic heterocycles. The molecular weight excluding hydrogens is 298 g/mol. The van der Waals surface area contributed by atoms with Gasteiger partial charge >= 0.3 is 11.9 Å². The number of anilines is 1. The number of hydrogen-bond acceptors (Lipinski definition) is 5. The largest absolute Gasteiger partial charge is 0.462 e. The van der Waals surface area contributed by atoms with Gasteiger partial charge in [-0.3, -0.25) is 4.79 Å². The Morgan fingerprint density at radius 1 is 0.957 bits per heavy atom. The molecule has 1 aromatic carbocycles. The minimum Gasteiger partial charge on any atom is -0.462 e. The SMILES string of the molecule is CCOC(=O)c1cc(NC(=O)C=C(C)C)cc(C(=O)OCC)c1. The first kappa shape index (κ1) is 18.4. The minimum atomic E-state index is -0.573. The van der Waals surface area contributed by atoms with Crippen molar-refractivity contribution < 1.29 is 23.9 Å². The molecule has 0 aliphatic carbocycles. The predicted octanol–water partition coefficient (Wildman–Crippen LogP) is 2.94. The third kappa shape index (κ3) is 5.94. The molecule has 23 heavy (non-hydrogen) atoms. The summed E-state index contributed by atoms with van der Waals surface area (Å²) < 4.78 is 9.86. The summed E-state index contributed by atoms with van der Waals surface area (Å²) in [6.45, 7) is 7.37. The lowest BCUT2D eigenvalue weighted by Crippen LogP contribution is -2.13. The van der Waals surface area contributed by atoms with Crippen LogP contribution in [0.15, 0.2) is 29.8 Å². The maximum absolute atomic E-state index is 11.9. The Bertz CT molecular complexity index is 594. The summed E-state index contributed by atoms with van der Waals surface area (Å²) in [6, 6.07) is 4.29. The number of hydrogen-bond donors (Lipinski definition) is 1. The zero-order valence-corrected chi connectivity index (χ0v) is 13.8. The quantitative estimate of drug-likeness (QED) is 0.644. The van der Waals surface area contributed by atoms with Crippen molar-refractivity contribution in [2.75, 3.05) is 18.5 Å². The molecule has 1 rings (SSSR count). The van der Waals surface area contributed by atoms with Crippen molar-refractivity contribution in [3.63, 3.8) is 0 Å². The van der Waals surface area contributed by atoms with E-state index in [0.717, 1.165) is 5.57 Å². The van der Waals surface area contributed by atoms with Crippen LogP contribution >= 0.6 is 0 Å². The Hall–Kier alpha value is -2.63. The van der Waals surface area contributed by atoms with E-state index in [1.807, 2.05) is 0 Å². The van der Waals surface area contributed by atoms with Crippen molar-refractivity contribution in [1.29, 1.82) is 0 Å². The molecule has 0 atom stereocenters. The van der Waals surface area contributed by atoms with Gasteiger partial charge in [-0.1, -0.05) is 5.57 Å². The molecule has 0 radical (unpaired) electrons. The highest BCUT2D eigenvalue weighted by molar-refractivity contribution is 6.02. The molecule has 0 unspecified atom stereocenters. The highest BCUT2D eigenvalue weighted by Gasteiger charge is 2.15. The van der Waals surface area contributed by atoms with E-state index in [1.165, 1.54) is 24.3 Å². The summed E-state index contributed by atoms with van der Waals surface area (Å²) in [5.74, 6) is -1.49. The van der Waals surface area contributed by atoms with Crippen molar-refractivity contribution in [3.05, 3.63) is 41.0 Å². The third-order valence-corrected chi connectivity index (χ3v) is 2.64. The van der Waals surface area contributed by atoms with Gasteiger partial charge in [-0.25, -0.2) is 9.59 Å². The number of ether oxygens (including phenoxy) is 2. The van der Waals surface area contributed by atoms with Crippen LogP contribution in [-0.4, -0.2) is 31.1 Å². The molecule has 0 saturated carbocycles. The van der Waals surface area contributed by atoms with E-state index in [-0.39, 0.29) is 30.2 Å². The van der Waals surface area contributed by atoms with Gasteiger partial charge in [0.05, 0.1) is 24.3 Å². The van der Waals surface area contributed by atoms with E-state index in [1.54, 1.807) is 27.7 Å². The molecule has 6 nitrogen and oxygen atoms in total. The van der Waals surface area contributed by atoms with Crippen LogP contribution in [0.3, 0.4) is 0 Å². The Morgan fingerprint density at radius 2 is 1.43 bits per heavy atom. The molecule has 1 aromatic rings. The maximum Gasteiger partial charge on any atom is 0.338 e. The van der Waals surface area contributed by atoms with Gasteiger partial charge in [0.1, 0.15) is 0 Å². The number of carbonyl (C=O) groups is 3. The fourth-order valence-electron chi connectivity index (χ4n) is 1.80. The fourth-order valence-corrected chi connectivity index (χ4v) is 1.80. The summed E-state index contributed by atoms with van der Waals surface area (Å²) in [6.07, 6.45) is 1.42. The number of benzene rings is 1. The lowest BCUT2D eigenvalue weighted by atomic mass is 10.1. The van der Waals surface area contributed by atoms with E-state index < -0.39 is 11.9 Å². The summed E-state index contributed by atoms with van der Waals surface area (Å²) >= 11 is 0. The number of amides is 1. The van der Waals surface area contributed by atoms with Crippen molar-refractivity contribution in [3.8, 4) is 0 Å². The Morgan fingerprint density at radius 3 is 1.83 bits per heavy atom. The van der Waals surface area contributed by atoms with Crippen molar-refractivity contribution in [2.45, 2.75) is 27.7 Å². The van der Waals surface area contributed by atoms with E-state index in [0.29, 0.717) is 5.69 Å². The summed E-state index contributed by atoms with van der Waals surface area (Å²) in [4.78, 5) is 35.6. The van der Waals surface area contributed by atoms with Crippen LogP contribution in [-0.2, 0) is 14.3 Å². The zero-order chi connectivity index (χ0) is 17.4. The van der Waals surface area contributed by atoms with Crippen LogP contribution in [0.5, 0.6) is 0 Å². The smallest absolute Gasteiger partial charge is 0.338 e. The molecule has 1 N–H and O–H groups in total. The average molecular weight is 319 g/mol. The first-order chi connectivity index (χ1) is 10.9.